The van der Waals surface area contributed by atoms with E-state index < -0.39 is 5.97 Å². The summed E-state index contributed by atoms with van der Waals surface area (Å²) in [6.45, 7) is 2.22. The lowest BCUT2D eigenvalue weighted by molar-refractivity contribution is -0.138. The van der Waals surface area contributed by atoms with Crippen LogP contribution in [0.1, 0.15) is 36.8 Å². The predicted molar refractivity (Wildman–Crippen MR) is 68.8 cm³/mol. The summed E-state index contributed by atoms with van der Waals surface area (Å²) in [5.74, 6) is -0.567. The van der Waals surface area contributed by atoms with Crippen molar-refractivity contribution < 1.29 is 14.7 Å². The van der Waals surface area contributed by atoms with Crippen molar-refractivity contribution in [3.63, 3.8) is 0 Å². The lowest BCUT2D eigenvalue weighted by Crippen LogP contribution is -2.13. The van der Waals surface area contributed by atoms with E-state index in [0.29, 0.717) is 11.0 Å². The van der Waals surface area contributed by atoms with Gasteiger partial charge in [-0.25, -0.2) is 4.98 Å². The van der Waals surface area contributed by atoms with Gasteiger partial charge in [0.15, 0.2) is 5.13 Å². The Balaban J connectivity index is 1.94. The summed E-state index contributed by atoms with van der Waals surface area (Å²) < 4.78 is 0. The van der Waals surface area contributed by atoms with Crippen LogP contribution >= 0.6 is 11.3 Å². The fourth-order valence-electron chi connectivity index (χ4n) is 2.00. The number of carbonyl (C=O) groups excluding carboxylic acids is 1. The number of anilines is 1. The quantitative estimate of drug-likeness (QED) is 0.876. The minimum atomic E-state index is -0.961. The third kappa shape index (κ3) is 3.29. The predicted octanol–water partition coefficient (Wildman–Crippen LogP) is 2.07. The van der Waals surface area contributed by atoms with Gasteiger partial charge in [-0.15, -0.1) is 11.3 Å². The molecule has 1 aliphatic rings. The lowest BCUT2D eigenvalue weighted by Gasteiger charge is -2.15. The highest BCUT2D eigenvalue weighted by Gasteiger charge is 2.20. The highest BCUT2D eigenvalue weighted by molar-refractivity contribution is 7.15. The zero-order valence-corrected chi connectivity index (χ0v) is 11.0. The standard InChI is InChI=1S/C12H16N2O3S/c1-7-2-3-8-9(6-7)18-12(13-8)14-10(15)4-5-11(16)17/h7H,2-6H2,1H3,(H,16,17)(H,13,14,15). The van der Waals surface area contributed by atoms with Crippen LogP contribution < -0.4 is 5.32 Å². The lowest BCUT2D eigenvalue weighted by atomic mass is 9.93. The van der Waals surface area contributed by atoms with Gasteiger partial charge in [0, 0.05) is 11.3 Å². The van der Waals surface area contributed by atoms with E-state index >= 15 is 0 Å². The summed E-state index contributed by atoms with van der Waals surface area (Å²) >= 11 is 1.51. The minimum Gasteiger partial charge on any atom is -0.481 e. The average molecular weight is 268 g/mol. The number of carboxylic acid groups (broad SMARTS) is 1. The highest BCUT2D eigenvalue weighted by Crippen LogP contribution is 2.32. The highest BCUT2D eigenvalue weighted by atomic mass is 32.1. The molecule has 6 heteroatoms. The SMILES string of the molecule is CC1CCc2nc(NC(=O)CCC(=O)O)sc2C1. The second kappa shape index (κ2) is 5.48. The van der Waals surface area contributed by atoms with Crippen LogP contribution in [0.15, 0.2) is 0 Å². The molecule has 1 unspecified atom stereocenters. The zero-order chi connectivity index (χ0) is 13.1. The second-order valence-corrected chi connectivity index (χ2v) is 5.76. The fraction of sp³-hybridized carbons (Fsp3) is 0.583. The monoisotopic (exact) mass is 268 g/mol. The number of nitrogens with zero attached hydrogens (tertiary/aromatic N) is 1. The number of nitrogens with one attached hydrogen (secondary N) is 1. The maximum absolute atomic E-state index is 11.5. The van der Waals surface area contributed by atoms with Gasteiger partial charge >= 0.3 is 5.97 Å². The van der Waals surface area contributed by atoms with Crippen molar-refractivity contribution in [1.82, 2.24) is 4.98 Å². The summed E-state index contributed by atoms with van der Waals surface area (Å²) in [6, 6.07) is 0. The fourth-order valence-corrected chi connectivity index (χ4v) is 3.18. The molecule has 0 spiro atoms. The Morgan fingerprint density at radius 1 is 1.50 bits per heavy atom. The zero-order valence-electron chi connectivity index (χ0n) is 10.2. The first-order valence-corrected chi connectivity index (χ1v) is 6.86. The summed E-state index contributed by atoms with van der Waals surface area (Å²) in [5, 5.41) is 11.8. The molecule has 1 aromatic heterocycles. The van der Waals surface area contributed by atoms with Gasteiger partial charge in [0.25, 0.3) is 0 Å². The molecule has 0 fully saturated rings. The summed E-state index contributed by atoms with van der Waals surface area (Å²) in [4.78, 5) is 27.5. The van der Waals surface area contributed by atoms with Crippen LogP contribution in [0.3, 0.4) is 0 Å². The molecule has 1 aromatic rings. The number of hydrogen-bond acceptors (Lipinski definition) is 4. The first kappa shape index (κ1) is 13.0. The van der Waals surface area contributed by atoms with E-state index in [9.17, 15) is 9.59 Å². The van der Waals surface area contributed by atoms with Gasteiger partial charge in [-0.2, -0.15) is 0 Å². The van der Waals surface area contributed by atoms with Crippen LogP contribution in [0.5, 0.6) is 0 Å². The van der Waals surface area contributed by atoms with Crippen molar-refractivity contribution in [3.8, 4) is 0 Å². The summed E-state index contributed by atoms with van der Waals surface area (Å²) in [6.07, 6.45) is 2.99. The van der Waals surface area contributed by atoms with E-state index in [0.717, 1.165) is 25.0 Å². The number of rotatable bonds is 4. The van der Waals surface area contributed by atoms with Gasteiger partial charge in [-0.05, 0) is 25.2 Å². The first-order chi connectivity index (χ1) is 8.54. The molecule has 2 N–H and O–H groups in total. The number of carboxylic acids is 1. The third-order valence-corrected chi connectivity index (χ3v) is 4.03. The first-order valence-electron chi connectivity index (χ1n) is 6.05. The Hall–Kier alpha value is -1.43. The van der Waals surface area contributed by atoms with E-state index in [1.165, 1.54) is 16.2 Å². The summed E-state index contributed by atoms with van der Waals surface area (Å²) in [7, 11) is 0. The molecule has 98 valence electrons. The van der Waals surface area contributed by atoms with Gasteiger partial charge in [0.2, 0.25) is 5.91 Å². The van der Waals surface area contributed by atoms with E-state index in [1.54, 1.807) is 0 Å². The van der Waals surface area contributed by atoms with Crippen LogP contribution in [-0.4, -0.2) is 22.0 Å². The number of aromatic nitrogens is 1. The molecule has 1 aliphatic carbocycles. The van der Waals surface area contributed by atoms with Crippen molar-refractivity contribution in [3.05, 3.63) is 10.6 Å². The molecular formula is C12H16N2O3S. The van der Waals surface area contributed by atoms with Crippen molar-refractivity contribution >= 4 is 28.3 Å². The molecule has 1 atom stereocenters. The minimum absolute atomic E-state index is 0.00399. The van der Waals surface area contributed by atoms with E-state index in [4.69, 9.17) is 5.11 Å². The van der Waals surface area contributed by atoms with Gasteiger partial charge in [-0.1, -0.05) is 6.92 Å². The average Bonchev–Trinajstić information content (AvgIpc) is 2.67. The van der Waals surface area contributed by atoms with Crippen LogP contribution in [0, 0.1) is 5.92 Å². The van der Waals surface area contributed by atoms with Gasteiger partial charge in [0.05, 0.1) is 12.1 Å². The number of hydrogen-bond donors (Lipinski definition) is 2. The molecule has 0 bridgehead atoms. The molecule has 0 radical (unpaired) electrons. The Morgan fingerprint density at radius 2 is 2.28 bits per heavy atom. The Kier molecular flexibility index (Phi) is 3.96. The van der Waals surface area contributed by atoms with Crippen LogP contribution in [-0.2, 0) is 22.4 Å². The molecule has 18 heavy (non-hydrogen) atoms. The van der Waals surface area contributed by atoms with Crippen molar-refractivity contribution in [2.75, 3.05) is 5.32 Å². The molecule has 2 rings (SSSR count). The molecular weight excluding hydrogens is 252 g/mol. The number of aliphatic carboxylic acids is 1. The molecule has 1 amide bonds. The number of carbonyl (C=O) groups is 2. The Morgan fingerprint density at radius 3 is 3.00 bits per heavy atom. The largest absolute Gasteiger partial charge is 0.481 e. The van der Waals surface area contributed by atoms with Crippen molar-refractivity contribution in [2.45, 2.75) is 39.0 Å². The topological polar surface area (TPSA) is 79.3 Å². The van der Waals surface area contributed by atoms with E-state index in [2.05, 4.69) is 17.2 Å². The molecule has 0 aromatic carbocycles. The maximum atomic E-state index is 11.5. The van der Waals surface area contributed by atoms with Crippen LogP contribution in [0.2, 0.25) is 0 Å². The van der Waals surface area contributed by atoms with E-state index in [-0.39, 0.29) is 18.7 Å². The number of amides is 1. The van der Waals surface area contributed by atoms with E-state index in [1.807, 2.05) is 0 Å². The van der Waals surface area contributed by atoms with Crippen molar-refractivity contribution in [2.24, 2.45) is 5.92 Å². The smallest absolute Gasteiger partial charge is 0.303 e. The maximum Gasteiger partial charge on any atom is 0.303 e. The normalized spacial score (nSPS) is 18.2. The number of thiazole rings is 1. The van der Waals surface area contributed by atoms with Gasteiger partial charge in [-0.3, -0.25) is 9.59 Å². The third-order valence-electron chi connectivity index (χ3n) is 3.00. The molecule has 0 saturated carbocycles. The van der Waals surface area contributed by atoms with Crippen LogP contribution in [0.25, 0.3) is 0 Å². The second-order valence-electron chi connectivity index (χ2n) is 4.68. The van der Waals surface area contributed by atoms with Gasteiger partial charge in [0.1, 0.15) is 0 Å². The summed E-state index contributed by atoms with van der Waals surface area (Å²) in [5.41, 5.74) is 1.09. The van der Waals surface area contributed by atoms with Gasteiger partial charge < -0.3 is 10.4 Å². The number of fused-ring (bicyclic) bond motifs is 1. The Labute approximate surface area is 109 Å². The molecule has 5 nitrogen and oxygen atoms in total. The Bertz CT molecular complexity index is 470. The number of aryl methyl sites for hydroxylation is 1. The van der Waals surface area contributed by atoms with Crippen molar-refractivity contribution in [1.29, 1.82) is 0 Å². The van der Waals surface area contributed by atoms with Crippen LogP contribution in [0.4, 0.5) is 5.13 Å². The molecule has 0 saturated heterocycles. The molecule has 0 aliphatic heterocycles. The molecule has 1 heterocycles.